The number of allylic oxidation sites excluding steroid dienone is 4. The Morgan fingerprint density at radius 1 is 0.934 bits per heavy atom. The molecule has 3 aliphatic heterocycles. The summed E-state index contributed by atoms with van der Waals surface area (Å²) in [4.78, 5) is 33.7. The molecule has 15 heteroatoms. The Hall–Kier alpha value is -3.15. The number of aliphatic hydroxyl groups excluding tert-OH is 3. The van der Waals surface area contributed by atoms with Gasteiger partial charge in [0, 0.05) is 65.8 Å². The van der Waals surface area contributed by atoms with Crippen LogP contribution in [0.1, 0.15) is 65.4 Å². The Morgan fingerprint density at radius 2 is 1.62 bits per heavy atom. The number of ether oxygens (including phenoxy) is 2. The normalized spacial score (nSPS) is 35.2. The highest BCUT2D eigenvalue weighted by atomic mass is 32.2. The number of hydrogen-bond acceptors (Lipinski definition) is 11. The summed E-state index contributed by atoms with van der Waals surface area (Å²) in [7, 11) is 0. The number of para-hydroxylation sites is 1. The van der Waals surface area contributed by atoms with Gasteiger partial charge in [-0.3, -0.25) is 14.5 Å². The maximum Gasteiger partial charge on any atom is 0.416 e. The molecule has 0 bridgehead atoms. The fourth-order valence-electron chi connectivity index (χ4n) is 12.0. The number of nitrogens with zero attached hydrogens (tertiary/aromatic N) is 3. The lowest BCUT2D eigenvalue weighted by molar-refractivity contribution is -0.246. The molecule has 0 spiro atoms. The zero-order valence-corrected chi connectivity index (χ0v) is 36.0. The predicted octanol–water partition coefficient (Wildman–Crippen LogP) is 6.73. The van der Waals surface area contributed by atoms with Crippen molar-refractivity contribution in [1.29, 1.82) is 0 Å². The largest absolute Gasteiger partial charge is 0.416 e. The van der Waals surface area contributed by atoms with Gasteiger partial charge in [-0.25, -0.2) is 4.39 Å². The summed E-state index contributed by atoms with van der Waals surface area (Å²) in [5, 5.41) is 30.3. The molecule has 0 aromatic heterocycles. The minimum Gasteiger partial charge on any atom is -0.395 e. The van der Waals surface area contributed by atoms with Crippen LogP contribution in [0.5, 0.6) is 0 Å². The average Bonchev–Trinajstić information content (AvgIpc) is 3.63. The highest BCUT2D eigenvalue weighted by Gasteiger charge is 2.80. The number of alkyl halides is 4. The molecule has 10 nitrogen and oxygen atoms in total. The molecule has 9 rings (SSSR count). The summed E-state index contributed by atoms with van der Waals surface area (Å²) in [6, 6.07) is 11.9. The van der Waals surface area contributed by atoms with Gasteiger partial charge >= 0.3 is 6.18 Å². The topological polar surface area (TPSA) is 123 Å². The molecule has 3 saturated carbocycles. The van der Waals surface area contributed by atoms with Crippen molar-refractivity contribution in [2.75, 3.05) is 63.9 Å². The van der Waals surface area contributed by atoms with E-state index in [2.05, 4.69) is 9.80 Å². The molecule has 2 aromatic carbocycles. The molecule has 7 aliphatic rings. The second kappa shape index (κ2) is 16.1. The first-order chi connectivity index (χ1) is 28.8. The molecule has 61 heavy (non-hydrogen) atoms. The zero-order valence-electron chi connectivity index (χ0n) is 35.2. The molecule has 0 unspecified atom stereocenters. The molecule has 3 N–H and O–H groups in total. The minimum absolute atomic E-state index is 0.0109. The number of ketones is 2. The van der Waals surface area contributed by atoms with Gasteiger partial charge in [0.05, 0.1) is 35.8 Å². The predicted molar refractivity (Wildman–Crippen MR) is 222 cm³/mol. The van der Waals surface area contributed by atoms with Gasteiger partial charge in [0.2, 0.25) is 0 Å². The number of β-amino-alcohol motifs (C(OH)–C–C–N with tert-alkyl or cyclic N) is 1. The average molecular weight is 872 g/mol. The van der Waals surface area contributed by atoms with E-state index in [1.807, 2.05) is 36.1 Å². The third-order valence-corrected chi connectivity index (χ3v) is 16.0. The van der Waals surface area contributed by atoms with E-state index in [4.69, 9.17) is 14.6 Å². The van der Waals surface area contributed by atoms with Crippen molar-refractivity contribution >= 4 is 34.7 Å². The maximum absolute atomic E-state index is 17.1. The maximum atomic E-state index is 17.1. The van der Waals surface area contributed by atoms with E-state index >= 15 is 4.39 Å². The van der Waals surface area contributed by atoms with Crippen molar-refractivity contribution in [3.05, 3.63) is 71.8 Å². The van der Waals surface area contributed by atoms with E-state index in [0.717, 1.165) is 60.2 Å². The number of anilines is 2. The lowest BCUT2D eigenvalue weighted by Gasteiger charge is -2.62. The third-order valence-electron chi connectivity index (χ3n) is 14.9. The molecular weight excluding hydrogens is 815 g/mol. The van der Waals surface area contributed by atoms with Crippen LogP contribution in [-0.2, 0) is 25.2 Å². The van der Waals surface area contributed by atoms with Crippen LogP contribution in [0.3, 0.4) is 0 Å². The Morgan fingerprint density at radius 3 is 2.31 bits per heavy atom. The Balaban J connectivity index is 0.000000169. The first kappa shape index (κ1) is 44.5. The molecule has 332 valence electrons. The lowest BCUT2D eigenvalue weighted by Crippen LogP contribution is -2.70. The highest BCUT2D eigenvalue weighted by molar-refractivity contribution is 7.99. The summed E-state index contributed by atoms with van der Waals surface area (Å²) in [6.45, 7) is 12.7. The van der Waals surface area contributed by atoms with Crippen LogP contribution in [-0.4, -0.2) is 125 Å². The van der Waals surface area contributed by atoms with E-state index in [-0.39, 0.29) is 24.7 Å². The van der Waals surface area contributed by atoms with Gasteiger partial charge in [0.25, 0.3) is 0 Å². The monoisotopic (exact) mass is 871 g/mol. The van der Waals surface area contributed by atoms with E-state index in [1.165, 1.54) is 36.0 Å². The zero-order chi connectivity index (χ0) is 43.8. The first-order valence-electron chi connectivity index (χ1n) is 21.5. The number of aliphatic hydroxyl groups is 3. The molecule has 3 heterocycles. The van der Waals surface area contributed by atoms with E-state index in [9.17, 15) is 33.0 Å². The summed E-state index contributed by atoms with van der Waals surface area (Å²) in [5.74, 6) is -2.46. The molecule has 0 amide bonds. The fourth-order valence-corrected chi connectivity index (χ4v) is 13.1. The number of halogens is 4. The van der Waals surface area contributed by atoms with Gasteiger partial charge in [0.15, 0.2) is 28.6 Å². The second-order valence-corrected chi connectivity index (χ2v) is 19.7. The van der Waals surface area contributed by atoms with Crippen molar-refractivity contribution < 1.29 is 51.9 Å². The fraction of sp³-hybridized carbons (Fsp3) is 0.609. The molecule has 4 aliphatic carbocycles. The van der Waals surface area contributed by atoms with Crippen LogP contribution in [0.2, 0.25) is 0 Å². The quantitative estimate of drug-likeness (QED) is 0.245. The molecule has 2 aromatic rings. The molecular formula is C46H57F4N3O7S. The number of carbonyl (C=O) groups is 2. The number of carbonyl (C=O) groups excluding carboxylic acids is 2. The number of Topliss-reactive ketones (excluding diaryl/α,β-unsaturated/α-hetero) is 1. The number of benzene rings is 2. The Bertz CT molecular complexity index is 2090. The third kappa shape index (κ3) is 7.32. The van der Waals surface area contributed by atoms with Crippen molar-refractivity contribution in [1.82, 2.24) is 9.80 Å². The number of fused-ring (bicyclic) bond motifs is 9. The number of hydrogen-bond donors (Lipinski definition) is 3. The number of rotatable bonds is 8. The highest BCUT2D eigenvalue weighted by Crippen LogP contribution is 2.72. The van der Waals surface area contributed by atoms with Gasteiger partial charge in [-0.15, -0.1) is 0 Å². The summed E-state index contributed by atoms with van der Waals surface area (Å²) in [6.07, 6.45) is 0.518. The van der Waals surface area contributed by atoms with Crippen molar-refractivity contribution in [2.24, 2.45) is 22.7 Å². The molecule has 2 saturated heterocycles. The smallest absolute Gasteiger partial charge is 0.395 e. The van der Waals surface area contributed by atoms with Gasteiger partial charge in [0.1, 0.15) is 6.61 Å². The van der Waals surface area contributed by atoms with E-state index < -0.39 is 70.1 Å². The van der Waals surface area contributed by atoms with Crippen LogP contribution in [0.4, 0.5) is 28.9 Å². The second-order valence-electron chi connectivity index (χ2n) is 18.6. The van der Waals surface area contributed by atoms with Gasteiger partial charge < -0.3 is 34.6 Å². The van der Waals surface area contributed by atoms with Crippen LogP contribution in [0, 0.1) is 22.7 Å². The van der Waals surface area contributed by atoms with Crippen molar-refractivity contribution in [3.8, 4) is 0 Å². The lowest BCUT2D eigenvalue weighted by atomic mass is 9.44. The molecule has 8 atom stereocenters. The van der Waals surface area contributed by atoms with Crippen LogP contribution >= 0.6 is 11.8 Å². The standard InChI is InChI=1S/C24H31FO6.C22H26F3N3OS/c1-20(2)30-19-10-16-15-6-5-13-9-14(27)7-8-21(13,3)23(15,25)17(28)11-22(16,4)24(19,31-20)18(29)12-26;23-22(24,25)17-6-7-21-19(16-17)28(18-4-1-2-5-20(18)30-21)9-3-8-26-10-12-27(13-11-26)14-15-29/h7-9,15-17,19,26,28H,5-6,10-12H2,1-4H3;1-2,4-7,16,29H,3,8-15H2/t15-,16-,17-,19+,21-,22-,23-,24+;/m0./s1. The SMILES string of the molecule is CC1(C)O[C@@H]2C[C@H]3[C@@H]4CCC5=CC(=O)C=C[C@]5(C)[C@@]4(F)[C@@H](O)C[C@]3(C)[C@]2(C(=O)CO)O1.OCCN1CCN(CCCN2c3ccccc3Sc3ccc(C(F)(F)F)cc32)CC1. The van der Waals surface area contributed by atoms with Crippen LogP contribution in [0.25, 0.3) is 0 Å². The van der Waals surface area contributed by atoms with Crippen LogP contribution < -0.4 is 4.90 Å². The summed E-state index contributed by atoms with van der Waals surface area (Å²) < 4.78 is 69.4. The van der Waals surface area contributed by atoms with Crippen LogP contribution in [0.15, 0.2) is 76.1 Å². The Kier molecular flexibility index (Phi) is 11.8. The van der Waals surface area contributed by atoms with E-state index in [0.29, 0.717) is 38.0 Å². The van der Waals surface area contributed by atoms with Gasteiger partial charge in [-0.1, -0.05) is 42.5 Å². The summed E-state index contributed by atoms with van der Waals surface area (Å²) in [5.41, 5.74) is -3.65. The Labute approximate surface area is 358 Å². The van der Waals surface area contributed by atoms with Crippen molar-refractivity contribution in [3.63, 3.8) is 0 Å². The number of piperazine rings is 1. The van der Waals surface area contributed by atoms with E-state index in [1.54, 1.807) is 32.9 Å². The van der Waals surface area contributed by atoms with Gasteiger partial charge in [-0.2, -0.15) is 13.2 Å². The van der Waals surface area contributed by atoms with Gasteiger partial charge in [-0.05, 0) is 108 Å². The minimum atomic E-state index is -4.35. The molecule has 5 fully saturated rings. The summed E-state index contributed by atoms with van der Waals surface area (Å²) >= 11 is 1.53. The molecule has 0 radical (unpaired) electrons. The van der Waals surface area contributed by atoms with Crippen molar-refractivity contribution in [2.45, 2.75) is 105 Å². The first-order valence-corrected chi connectivity index (χ1v) is 22.3.